The molecular formula is C11H19N. The van der Waals surface area contributed by atoms with Gasteiger partial charge in [0.15, 0.2) is 0 Å². The summed E-state index contributed by atoms with van der Waals surface area (Å²) < 4.78 is 0. The molecule has 0 bridgehead atoms. The van der Waals surface area contributed by atoms with E-state index in [1.165, 1.54) is 19.4 Å². The maximum absolute atomic E-state index is 5.52. The van der Waals surface area contributed by atoms with Gasteiger partial charge in [0, 0.05) is 18.0 Å². The molecule has 0 radical (unpaired) electrons. The zero-order chi connectivity index (χ0) is 9.19. The molecule has 12 heavy (non-hydrogen) atoms. The average Bonchev–Trinajstić information content (AvgIpc) is 2.05. The van der Waals surface area contributed by atoms with Gasteiger partial charge in [-0.1, -0.05) is 5.92 Å². The SMILES string of the molecule is C#CC1(C)CCCN(C(C)C)C1. The smallest absolute Gasteiger partial charge is 0.0411 e. The fraction of sp³-hybridized carbons (Fsp3) is 0.818. The Labute approximate surface area is 76.1 Å². The molecule has 1 unspecified atom stereocenters. The van der Waals surface area contributed by atoms with Crippen LogP contribution in [0.3, 0.4) is 0 Å². The van der Waals surface area contributed by atoms with Gasteiger partial charge in [-0.05, 0) is 40.2 Å². The molecule has 1 heterocycles. The first kappa shape index (κ1) is 9.61. The summed E-state index contributed by atoms with van der Waals surface area (Å²) in [7, 11) is 0. The highest BCUT2D eigenvalue weighted by Gasteiger charge is 2.29. The maximum Gasteiger partial charge on any atom is 0.0411 e. The van der Waals surface area contributed by atoms with Gasteiger partial charge >= 0.3 is 0 Å². The van der Waals surface area contributed by atoms with Crippen LogP contribution in [0.15, 0.2) is 0 Å². The summed E-state index contributed by atoms with van der Waals surface area (Å²) in [5, 5.41) is 0. The summed E-state index contributed by atoms with van der Waals surface area (Å²) in [5.74, 6) is 2.92. The van der Waals surface area contributed by atoms with Gasteiger partial charge in [0.25, 0.3) is 0 Å². The van der Waals surface area contributed by atoms with E-state index in [0.29, 0.717) is 6.04 Å². The molecule has 0 aliphatic carbocycles. The predicted molar refractivity (Wildman–Crippen MR) is 52.9 cm³/mol. The number of hydrogen-bond donors (Lipinski definition) is 0. The number of hydrogen-bond acceptors (Lipinski definition) is 1. The second kappa shape index (κ2) is 3.49. The van der Waals surface area contributed by atoms with Gasteiger partial charge in [0.05, 0.1) is 0 Å². The Morgan fingerprint density at radius 2 is 2.17 bits per heavy atom. The fourth-order valence-corrected chi connectivity index (χ4v) is 1.84. The number of terminal acetylenes is 1. The highest BCUT2D eigenvalue weighted by Crippen LogP contribution is 2.29. The van der Waals surface area contributed by atoms with Gasteiger partial charge in [-0.15, -0.1) is 6.42 Å². The van der Waals surface area contributed by atoms with E-state index in [2.05, 4.69) is 31.6 Å². The molecule has 1 aliphatic heterocycles. The molecule has 0 spiro atoms. The van der Waals surface area contributed by atoms with Crippen LogP contribution in [-0.4, -0.2) is 24.0 Å². The summed E-state index contributed by atoms with van der Waals surface area (Å²) in [6, 6.07) is 0.637. The van der Waals surface area contributed by atoms with Crippen molar-refractivity contribution in [3.05, 3.63) is 0 Å². The van der Waals surface area contributed by atoms with Crippen LogP contribution in [0.2, 0.25) is 0 Å². The summed E-state index contributed by atoms with van der Waals surface area (Å²) in [4.78, 5) is 2.48. The van der Waals surface area contributed by atoms with E-state index in [1.54, 1.807) is 0 Å². The minimum Gasteiger partial charge on any atom is -0.299 e. The Kier molecular flexibility index (Phi) is 2.80. The van der Waals surface area contributed by atoms with Gasteiger partial charge in [0.1, 0.15) is 0 Å². The average molecular weight is 165 g/mol. The van der Waals surface area contributed by atoms with Crippen molar-refractivity contribution in [1.82, 2.24) is 4.90 Å². The Balaban J connectivity index is 2.58. The van der Waals surface area contributed by atoms with Crippen LogP contribution in [0.4, 0.5) is 0 Å². The van der Waals surface area contributed by atoms with Gasteiger partial charge in [-0.3, -0.25) is 4.90 Å². The lowest BCUT2D eigenvalue weighted by Gasteiger charge is -2.39. The minimum atomic E-state index is 0.127. The Hall–Kier alpha value is -0.480. The Morgan fingerprint density at radius 1 is 1.50 bits per heavy atom. The monoisotopic (exact) mass is 165 g/mol. The van der Waals surface area contributed by atoms with Crippen LogP contribution in [0.25, 0.3) is 0 Å². The van der Waals surface area contributed by atoms with Crippen molar-refractivity contribution in [1.29, 1.82) is 0 Å². The first-order valence-electron chi connectivity index (χ1n) is 4.79. The lowest BCUT2D eigenvalue weighted by Crippen LogP contribution is -2.44. The molecule has 1 fully saturated rings. The standard InChI is InChI=1S/C11H19N/c1-5-11(4)7-6-8-12(9-11)10(2)3/h1,10H,6-9H2,2-4H3. The van der Waals surface area contributed by atoms with Gasteiger partial charge in [-0.2, -0.15) is 0 Å². The Morgan fingerprint density at radius 3 is 2.67 bits per heavy atom. The molecule has 0 aromatic carbocycles. The third-order valence-electron chi connectivity index (χ3n) is 2.80. The summed E-state index contributed by atoms with van der Waals surface area (Å²) >= 11 is 0. The van der Waals surface area contributed by atoms with Gasteiger partial charge < -0.3 is 0 Å². The first-order valence-corrected chi connectivity index (χ1v) is 4.79. The molecule has 0 saturated carbocycles. The van der Waals surface area contributed by atoms with Crippen LogP contribution in [0, 0.1) is 17.8 Å². The number of nitrogens with zero attached hydrogens (tertiary/aromatic N) is 1. The lowest BCUT2D eigenvalue weighted by atomic mass is 9.82. The molecule has 1 aliphatic rings. The van der Waals surface area contributed by atoms with Crippen molar-refractivity contribution in [2.24, 2.45) is 5.41 Å². The maximum atomic E-state index is 5.52. The molecule has 1 atom stereocenters. The van der Waals surface area contributed by atoms with Gasteiger partial charge in [0.2, 0.25) is 0 Å². The molecule has 1 saturated heterocycles. The van der Waals surface area contributed by atoms with Crippen LogP contribution in [-0.2, 0) is 0 Å². The predicted octanol–water partition coefficient (Wildman–Crippen LogP) is 2.13. The highest BCUT2D eigenvalue weighted by atomic mass is 15.2. The molecule has 0 N–H and O–H groups in total. The lowest BCUT2D eigenvalue weighted by molar-refractivity contribution is 0.114. The van der Waals surface area contributed by atoms with Crippen molar-refractivity contribution in [2.45, 2.75) is 39.7 Å². The molecule has 0 aromatic heterocycles. The van der Waals surface area contributed by atoms with E-state index in [0.717, 1.165) is 6.54 Å². The van der Waals surface area contributed by atoms with Crippen molar-refractivity contribution in [3.8, 4) is 12.3 Å². The number of rotatable bonds is 1. The summed E-state index contributed by atoms with van der Waals surface area (Å²) in [5.41, 5.74) is 0.127. The molecule has 0 amide bonds. The molecule has 1 rings (SSSR count). The van der Waals surface area contributed by atoms with E-state index >= 15 is 0 Å². The topological polar surface area (TPSA) is 3.24 Å². The first-order chi connectivity index (χ1) is 5.57. The second-order valence-electron chi connectivity index (χ2n) is 4.37. The van der Waals surface area contributed by atoms with E-state index in [9.17, 15) is 0 Å². The van der Waals surface area contributed by atoms with E-state index in [1.807, 2.05) is 0 Å². The molecule has 68 valence electrons. The number of piperidine rings is 1. The molecule has 0 aromatic rings. The largest absolute Gasteiger partial charge is 0.299 e. The van der Waals surface area contributed by atoms with Crippen LogP contribution >= 0.6 is 0 Å². The fourth-order valence-electron chi connectivity index (χ4n) is 1.84. The van der Waals surface area contributed by atoms with Crippen LogP contribution in [0.5, 0.6) is 0 Å². The zero-order valence-electron chi connectivity index (χ0n) is 8.43. The van der Waals surface area contributed by atoms with E-state index < -0.39 is 0 Å². The summed E-state index contributed by atoms with van der Waals surface area (Å²) in [6.45, 7) is 8.96. The quantitative estimate of drug-likeness (QED) is 0.538. The normalized spacial score (nSPS) is 31.9. The van der Waals surface area contributed by atoms with Crippen LogP contribution in [0.1, 0.15) is 33.6 Å². The Bertz CT molecular complexity index is 190. The van der Waals surface area contributed by atoms with Gasteiger partial charge in [-0.25, -0.2) is 0 Å². The van der Waals surface area contributed by atoms with E-state index in [4.69, 9.17) is 6.42 Å². The summed E-state index contributed by atoms with van der Waals surface area (Å²) in [6.07, 6.45) is 7.96. The van der Waals surface area contributed by atoms with Crippen molar-refractivity contribution < 1.29 is 0 Å². The third kappa shape index (κ3) is 2.01. The van der Waals surface area contributed by atoms with Crippen molar-refractivity contribution in [2.75, 3.05) is 13.1 Å². The second-order valence-corrected chi connectivity index (χ2v) is 4.37. The van der Waals surface area contributed by atoms with Crippen molar-refractivity contribution >= 4 is 0 Å². The molecule has 1 heteroatoms. The zero-order valence-corrected chi connectivity index (χ0v) is 8.43. The molecule has 1 nitrogen and oxygen atoms in total. The van der Waals surface area contributed by atoms with E-state index in [-0.39, 0.29) is 5.41 Å². The highest BCUT2D eigenvalue weighted by molar-refractivity contribution is 5.06. The van der Waals surface area contributed by atoms with Crippen LogP contribution < -0.4 is 0 Å². The minimum absolute atomic E-state index is 0.127. The van der Waals surface area contributed by atoms with Crippen molar-refractivity contribution in [3.63, 3.8) is 0 Å². The molecular weight excluding hydrogens is 146 g/mol. The third-order valence-corrected chi connectivity index (χ3v) is 2.80. The number of likely N-dealkylation sites (tertiary alicyclic amines) is 1.